The van der Waals surface area contributed by atoms with Gasteiger partial charge in [-0.2, -0.15) is 0 Å². The van der Waals surface area contributed by atoms with E-state index in [4.69, 9.17) is 15.2 Å². The lowest BCUT2D eigenvalue weighted by Gasteiger charge is -2.23. The van der Waals surface area contributed by atoms with Crippen molar-refractivity contribution in [3.63, 3.8) is 0 Å². The van der Waals surface area contributed by atoms with Gasteiger partial charge in [0, 0.05) is 13.1 Å². The highest BCUT2D eigenvalue weighted by Crippen LogP contribution is 2.35. The molecule has 1 aliphatic rings. The molecular formula is C14H19N3O4. The zero-order valence-corrected chi connectivity index (χ0v) is 12.3. The van der Waals surface area contributed by atoms with Gasteiger partial charge in [0.05, 0.1) is 14.2 Å². The second-order valence-electron chi connectivity index (χ2n) is 4.87. The zero-order chi connectivity index (χ0) is 15.6. The molecule has 0 spiro atoms. The molecule has 114 valence electrons. The van der Waals surface area contributed by atoms with Gasteiger partial charge >= 0.3 is 6.03 Å². The first kappa shape index (κ1) is 15.1. The van der Waals surface area contributed by atoms with E-state index < -0.39 is 11.6 Å². The van der Waals surface area contributed by atoms with Crippen molar-refractivity contribution >= 4 is 11.9 Å². The maximum absolute atomic E-state index is 12.5. The van der Waals surface area contributed by atoms with E-state index in [0.29, 0.717) is 17.1 Å². The number of amides is 3. The van der Waals surface area contributed by atoms with E-state index in [0.717, 1.165) is 4.90 Å². The third-order valence-corrected chi connectivity index (χ3v) is 3.59. The van der Waals surface area contributed by atoms with Gasteiger partial charge < -0.3 is 20.5 Å². The molecule has 1 atom stereocenters. The zero-order valence-electron chi connectivity index (χ0n) is 12.3. The number of methoxy groups -OCH3 is 2. The van der Waals surface area contributed by atoms with E-state index in [1.54, 1.807) is 25.1 Å². The molecule has 0 radical (unpaired) electrons. The maximum atomic E-state index is 12.5. The summed E-state index contributed by atoms with van der Waals surface area (Å²) < 4.78 is 10.4. The van der Waals surface area contributed by atoms with Gasteiger partial charge in [-0.05, 0) is 24.6 Å². The van der Waals surface area contributed by atoms with Crippen LogP contribution in [-0.4, -0.2) is 44.1 Å². The van der Waals surface area contributed by atoms with Crippen LogP contribution in [-0.2, 0) is 10.3 Å². The van der Waals surface area contributed by atoms with Gasteiger partial charge in [-0.25, -0.2) is 4.79 Å². The average molecular weight is 293 g/mol. The van der Waals surface area contributed by atoms with Crippen LogP contribution >= 0.6 is 0 Å². The molecule has 1 aromatic carbocycles. The molecule has 0 bridgehead atoms. The molecule has 1 fully saturated rings. The molecule has 1 aromatic rings. The summed E-state index contributed by atoms with van der Waals surface area (Å²) in [5.74, 6) is 0.723. The van der Waals surface area contributed by atoms with Gasteiger partial charge in [0.25, 0.3) is 5.91 Å². The first-order chi connectivity index (χ1) is 9.97. The van der Waals surface area contributed by atoms with Crippen LogP contribution in [0.5, 0.6) is 11.5 Å². The molecule has 2 rings (SSSR count). The number of nitrogens with one attached hydrogen (secondary N) is 1. The minimum absolute atomic E-state index is 0.188. The molecule has 1 heterocycles. The van der Waals surface area contributed by atoms with Crippen molar-refractivity contribution in [2.45, 2.75) is 12.5 Å². The van der Waals surface area contributed by atoms with Gasteiger partial charge in [-0.15, -0.1) is 0 Å². The number of rotatable bonds is 5. The fourth-order valence-electron chi connectivity index (χ4n) is 2.37. The van der Waals surface area contributed by atoms with Gasteiger partial charge in [-0.3, -0.25) is 9.69 Å². The molecule has 1 unspecified atom stereocenters. The Kier molecular flexibility index (Phi) is 4.04. The van der Waals surface area contributed by atoms with Crippen LogP contribution in [0.15, 0.2) is 18.2 Å². The fourth-order valence-corrected chi connectivity index (χ4v) is 2.37. The number of carbonyl (C=O) groups excluding carboxylic acids is 2. The Morgan fingerprint density at radius 2 is 1.90 bits per heavy atom. The standard InChI is InChI=1S/C14H19N3O4/c1-14(12(18)17(7-6-15)13(19)16-14)9-4-5-10(20-2)11(8-9)21-3/h4-5,8H,6-7,15H2,1-3H3,(H,16,19). The van der Waals surface area contributed by atoms with Crippen molar-refractivity contribution in [2.75, 3.05) is 27.3 Å². The van der Waals surface area contributed by atoms with Gasteiger partial charge in [0.2, 0.25) is 0 Å². The number of benzene rings is 1. The largest absolute Gasteiger partial charge is 0.493 e. The summed E-state index contributed by atoms with van der Waals surface area (Å²) in [4.78, 5) is 25.5. The van der Waals surface area contributed by atoms with Gasteiger partial charge in [0.1, 0.15) is 5.54 Å². The Balaban J connectivity index is 2.41. The number of ether oxygens (including phenoxy) is 2. The summed E-state index contributed by atoms with van der Waals surface area (Å²) in [5.41, 5.74) is 4.92. The Morgan fingerprint density at radius 3 is 2.48 bits per heavy atom. The van der Waals surface area contributed by atoms with Gasteiger partial charge in [0.15, 0.2) is 11.5 Å². The van der Waals surface area contributed by atoms with E-state index in [2.05, 4.69) is 5.32 Å². The van der Waals surface area contributed by atoms with Crippen molar-refractivity contribution in [1.82, 2.24) is 10.2 Å². The number of urea groups is 1. The summed E-state index contributed by atoms with van der Waals surface area (Å²) in [7, 11) is 3.05. The second-order valence-corrected chi connectivity index (χ2v) is 4.87. The number of hydrogen-bond donors (Lipinski definition) is 2. The van der Waals surface area contributed by atoms with Crippen molar-refractivity contribution < 1.29 is 19.1 Å². The molecule has 7 heteroatoms. The second kappa shape index (κ2) is 5.61. The number of nitrogens with two attached hydrogens (primary N) is 1. The lowest BCUT2D eigenvalue weighted by molar-refractivity contribution is -0.131. The Hall–Kier alpha value is -2.28. The third kappa shape index (κ3) is 2.40. The first-order valence-corrected chi connectivity index (χ1v) is 6.54. The lowest BCUT2D eigenvalue weighted by atomic mass is 9.91. The number of nitrogens with zero attached hydrogens (tertiary/aromatic N) is 1. The van der Waals surface area contributed by atoms with Crippen LogP contribution in [0.3, 0.4) is 0 Å². The van der Waals surface area contributed by atoms with E-state index in [1.807, 2.05) is 0 Å². The maximum Gasteiger partial charge on any atom is 0.325 e. The van der Waals surface area contributed by atoms with E-state index in [9.17, 15) is 9.59 Å². The summed E-state index contributed by atoms with van der Waals surface area (Å²) >= 11 is 0. The highest BCUT2D eigenvalue weighted by Gasteiger charge is 2.48. The minimum atomic E-state index is -1.13. The Bertz CT molecular complexity index is 575. The number of carbonyl (C=O) groups is 2. The molecule has 3 N–H and O–H groups in total. The Morgan fingerprint density at radius 1 is 1.24 bits per heavy atom. The predicted molar refractivity (Wildman–Crippen MR) is 76.2 cm³/mol. The molecule has 0 aromatic heterocycles. The molecule has 21 heavy (non-hydrogen) atoms. The van der Waals surface area contributed by atoms with Crippen molar-refractivity contribution in [2.24, 2.45) is 5.73 Å². The molecule has 1 saturated heterocycles. The van der Waals surface area contributed by atoms with Crippen LogP contribution in [0.2, 0.25) is 0 Å². The van der Waals surface area contributed by atoms with Crippen LogP contribution in [0, 0.1) is 0 Å². The highest BCUT2D eigenvalue weighted by atomic mass is 16.5. The van der Waals surface area contributed by atoms with Crippen molar-refractivity contribution in [3.8, 4) is 11.5 Å². The fraction of sp³-hybridized carbons (Fsp3) is 0.429. The summed E-state index contributed by atoms with van der Waals surface area (Å²) in [6.45, 7) is 2.07. The number of hydrogen-bond acceptors (Lipinski definition) is 5. The smallest absolute Gasteiger partial charge is 0.325 e. The van der Waals surface area contributed by atoms with Crippen molar-refractivity contribution in [1.29, 1.82) is 0 Å². The number of imide groups is 1. The normalized spacial score (nSPS) is 21.4. The minimum Gasteiger partial charge on any atom is -0.493 e. The SMILES string of the molecule is COc1ccc(C2(C)NC(=O)N(CCN)C2=O)cc1OC. The molecule has 7 nitrogen and oxygen atoms in total. The Labute approximate surface area is 123 Å². The van der Waals surface area contributed by atoms with E-state index >= 15 is 0 Å². The first-order valence-electron chi connectivity index (χ1n) is 6.54. The average Bonchev–Trinajstić information content (AvgIpc) is 2.71. The quantitative estimate of drug-likeness (QED) is 0.768. The topological polar surface area (TPSA) is 93.9 Å². The molecule has 3 amide bonds. The van der Waals surface area contributed by atoms with Crippen LogP contribution in [0.1, 0.15) is 12.5 Å². The molecule has 0 aliphatic carbocycles. The lowest BCUT2D eigenvalue weighted by Crippen LogP contribution is -2.41. The molecule has 1 aliphatic heterocycles. The van der Waals surface area contributed by atoms with Crippen molar-refractivity contribution in [3.05, 3.63) is 23.8 Å². The van der Waals surface area contributed by atoms with E-state index in [-0.39, 0.29) is 19.0 Å². The van der Waals surface area contributed by atoms with Crippen LogP contribution < -0.4 is 20.5 Å². The summed E-state index contributed by atoms with van der Waals surface area (Å²) in [5, 5.41) is 2.71. The molecule has 0 saturated carbocycles. The third-order valence-electron chi connectivity index (χ3n) is 3.59. The summed E-state index contributed by atoms with van der Waals surface area (Å²) in [6, 6.07) is 4.67. The predicted octanol–water partition coefficient (Wildman–Crippen LogP) is 0.430. The highest BCUT2D eigenvalue weighted by molar-refractivity contribution is 6.07. The summed E-state index contributed by atoms with van der Waals surface area (Å²) in [6.07, 6.45) is 0. The van der Waals surface area contributed by atoms with Crippen LogP contribution in [0.25, 0.3) is 0 Å². The molecular weight excluding hydrogens is 274 g/mol. The van der Waals surface area contributed by atoms with Crippen LogP contribution in [0.4, 0.5) is 4.79 Å². The monoisotopic (exact) mass is 293 g/mol. The van der Waals surface area contributed by atoms with Gasteiger partial charge in [-0.1, -0.05) is 6.07 Å². The van der Waals surface area contributed by atoms with E-state index in [1.165, 1.54) is 14.2 Å².